The zero-order valence-corrected chi connectivity index (χ0v) is 28.2. The first-order chi connectivity index (χ1) is 25.3. The molecule has 7 aromatic carbocycles. The van der Waals surface area contributed by atoms with Gasteiger partial charge in [-0.05, 0) is 42.5 Å². The molecule has 4 nitrogen and oxygen atoms in total. The lowest BCUT2D eigenvalue weighted by molar-refractivity contribution is 1.15. The molecule has 238 valence electrons. The lowest BCUT2D eigenvalue weighted by atomic mass is 10.1. The molecule has 51 heavy (non-hydrogen) atoms. The van der Waals surface area contributed by atoms with E-state index in [0.29, 0.717) is 0 Å². The van der Waals surface area contributed by atoms with Crippen molar-refractivity contribution < 1.29 is 0 Å². The Morgan fingerprint density at radius 2 is 0.961 bits per heavy atom. The van der Waals surface area contributed by atoms with Gasteiger partial charge in [-0.3, -0.25) is 0 Å². The Morgan fingerprint density at radius 1 is 0.412 bits per heavy atom. The highest BCUT2D eigenvalue weighted by atomic mass is 32.1. The molecule has 0 saturated carbocycles. The molecule has 4 heterocycles. The lowest BCUT2D eigenvalue weighted by Crippen LogP contribution is -1.99. The van der Waals surface area contributed by atoms with Crippen molar-refractivity contribution in [3.8, 4) is 34.0 Å². The smallest absolute Gasteiger partial charge is 0.161 e. The molecule has 0 radical (unpaired) electrons. The minimum atomic E-state index is 0.721. The molecule has 0 aliphatic rings. The number of hydrogen-bond donors (Lipinski definition) is 0. The molecule has 0 aliphatic heterocycles. The van der Waals surface area contributed by atoms with E-state index in [1.54, 1.807) is 11.3 Å². The molecule has 11 rings (SSSR count). The van der Waals surface area contributed by atoms with Crippen LogP contribution >= 0.6 is 11.3 Å². The summed E-state index contributed by atoms with van der Waals surface area (Å²) in [5.41, 5.74) is 9.95. The van der Waals surface area contributed by atoms with Gasteiger partial charge in [0, 0.05) is 59.5 Å². The number of benzene rings is 7. The van der Waals surface area contributed by atoms with Crippen molar-refractivity contribution in [1.29, 1.82) is 0 Å². The largest absolute Gasteiger partial charge is 0.307 e. The van der Waals surface area contributed by atoms with Gasteiger partial charge in [0.1, 0.15) is 4.83 Å². The van der Waals surface area contributed by atoms with E-state index in [4.69, 9.17) is 9.97 Å². The normalized spacial score (nSPS) is 11.9. The number of fused-ring (bicyclic) bond motifs is 10. The number of rotatable bonds is 4. The number of para-hydroxylation sites is 3. The van der Waals surface area contributed by atoms with E-state index < -0.39 is 0 Å². The van der Waals surface area contributed by atoms with Gasteiger partial charge in [0.25, 0.3) is 0 Å². The van der Waals surface area contributed by atoms with E-state index in [2.05, 4.69) is 179 Å². The SMILES string of the molecule is c1ccc(-c2nc(-c3cccc(-n4c5ccccc5c5ccc6c7ccccc7n(-c7ccccc7)c6c54)c3)nc3sc4ccccc4c23)cc1. The fourth-order valence-electron chi connectivity index (χ4n) is 7.96. The summed E-state index contributed by atoms with van der Waals surface area (Å²) >= 11 is 1.73. The van der Waals surface area contributed by atoms with Crippen molar-refractivity contribution in [3.63, 3.8) is 0 Å². The molecule has 0 amide bonds. The predicted octanol–water partition coefficient (Wildman–Crippen LogP) is 12.4. The average molecular weight is 669 g/mol. The molecule has 0 N–H and O–H groups in total. The van der Waals surface area contributed by atoms with E-state index in [1.165, 1.54) is 48.2 Å². The first-order valence-electron chi connectivity index (χ1n) is 17.2. The standard InChI is InChI=1S/C46H28N4S/c1-3-14-29(15-4-1)42-41-37-22-9-12-25-40(37)51-46(41)48-45(47-42)30-16-13-19-32(28-30)50-39-24-11-8-21-34(39)36-27-26-35-33-20-7-10-23-38(33)49(43(35)44(36)50)31-17-5-2-6-18-31/h1-28H. The van der Waals surface area contributed by atoms with Gasteiger partial charge in [0.15, 0.2) is 5.82 Å². The maximum absolute atomic E-state index is 5.33. The zero-order valence-electron chi connectivity index (χ0n) is 27.4. The molecule has 5 heteroatoms. The van der Waals surface area contributed by atoms with Crippen molar-refractivity contribution in [2.24, 2.45) is 0 Å². The third-order valence-electron chi connectivity index (χ3n) is 10.1. The summed E-state index contributed by atoms with van der Waals surface area (Å²) in [4.78, 5) is 11.6. The van der Waals surface area contributed by atoms with Gasteiger partial charge >= 0.3 is 0 Å². The minimum Gasteiger partial charge on any atom is -0.307 e. The van der Waals surface area contributed by atoms with Gasteiger partial charge in [-0.25, -0.2) is 9.97 Å². The Hall–Kier alpha value is -6.56. The molecule has 0 aliphatic carbocycles. The molecule has 0 saturated heterocycles. The third kappa shape index (κ3) is 4.19. The fourth-order valence-corrected chi connectivity index (χ4v) is 9.03. The molecule has 0 bridgehead atoms. The highest BCUT2D eigenvalue weighted by molar-refractivity contribution is 7.25. The van der Waals surface area contributed by atoms with Crippen LogP contribution in [0, 0.1) is 0 Å². The monoisotopic (exact) mass is 668 g/mol. The maximum Gasteiger partial charge on any atom is 0.161 e. The average Bonchev–Trinajstić information content (AvgIpc) is 3.86. The summed E-state index contributed by atoms with van der Waals surface area (Å²) < 4.78 is 6.08. The molecule has 0 fully saturated rings. The van der Waals surface area contributed by atoms with E-state index in [-0.39, 0.29) is 0 Å². The van der Waals surface area contributed by atoms with Crippen molar-refractivity contribution in [2.45, 2.75) is 0 Å². The summed E-state index contributed by atoms with van der Waals surface area (Å²) in [5, 5.41) is 7.22. The Morgan fingerprint density at radius 3 is 1.67 bits per heavy atom. The Bertz CT molecular complexity index is 3130. The molecular weight excluding hydrogens is 641 g/mol. The molecule has 4 aromatic heterocycles. The van der Waals surface area contributed by atoms with Crippen LogP contribution in [0.2, 0.25) is 0 Å². The number of nitrogens with zero attached hydrogens (tertiary/aromatic N) is 4. The maximum atomic E-state index is 5.33. The first kappa shape index (κ1) is 28.3. The first-order valence-corrected chi connectivity index (χ1v) is 18.0. The van der Waals surface area contributed by atoms with E-state index in [1.807, 2.05) is 0 Å². The van der Waals surface area contributed by atoms with Crippen molar-refractivity contribution in [2.75, 3.05) is 0 Å². The topological polar surface area (TPSA) is 35.6 Å². The minimum absolute atomic E-state index is 0.721. The molecule has 0 spiro atoms. The van der Waals surface area contributed by atoms with Crippen LogP contribution in [0.1, 0.15) is 0 Å². The number of thiophene rings is 1. The van der Waals surface area contributed by atoms with Gasteiger partial charge in [-0.15, -0.1) is 11.3 Å². The van der Waals surface area contributed by atoms with Crippen molar-refractivity contribution in [1.82, 2.24) is 19.1 Å². The number of hydrogen-bond acceptors (Lipinski definition) is 3. The van der Waals surface area contributed by atoms with Gasteiger partial charge in [-0.2, -0.15) is 0 Å². The molecule has 11 aromatic rings. The quantitative estimate of drug-likeness (QED) is 0.187. The second-order valence-corrected chi connectivity index (χ2v) is 14.0. The Kier molecular flexibility index (Phi) is 6.09. The van der Waals surface area contributed by atoms with Crippen LogP contribution in [-0.2, 0) is 0 Å². The predicted molar refractivity (Wildman–Crippen MR) is 214 cm³/mol. The highest BCUT2D eigenvalue weighted by Crippen LogP contribution is 2.43. The molecule has 0 unspecified atom stereocenters. The summed E-state index contributed by atoms with van der Waals surface area (Å²) in [6, 6.07) is 60.6. The second kappa shape index (κ2) is 11.0. The van der Waals surface area contributed by atoms with Gasteiger partial charge < -0.3 is 9.13 Å². The van der Waals surface area contributed by atoms with E-state index >= 15 is 0 Å². The summed E-state index contributed by atoms with van der Waals surface area (Å²) in [7, 11) is 0. The highest BCUT2D eigenvalue weighted by Gasteiger charge is 2.22. The van der Waals surface area contributed by atoms with E-state index in [9.17, 15) is 0 Å². The van der Waals surface area contributed by atoms with E-state index in [0.717, 1.165) is 49.8 Å². The van der Waals surface area contributed by atoms with Crippen LogP contribution in [0.25, 0.3) is 97.9 Å². The van der Waals surface area contributed by atoms with Crippen LogP contribution in [0.4, 0.5) is 0 Å². The van der Waals surface area contributed by atoms with Crippen LogP contribution in [0.3, 0.4) is 0 Å². The Balaban J connectivity index is 1.22. The van der Waals surface area contributed by atoms with Gasteiger partial charge in [0.05, 0.1) is 27.8 Å². The number of aromatic nitrogens is 4. The van der Waals surface area contributed by atoms with Crippen LogP contribution in [0.15, 0.2) is 170 Å². The van der Waals surface area contributed by atoms with Crippen LogP contribution in [-0.4, -0.2) is 19.1 Å². The summed E-state index contributed by atoms with van der Waals surface area (Å²) in [6.45, 7) is 0. The molecular formula is C46H28N4S. The van der Waals surface area contributed by atoms with Crippen LogP contribution < -0.4 is 0 Å². The van der Waals surface area contributed by atoms with Crippen molar-refractivity contribution in [3.05, 3.63) is 170 Å². The third-order valence-corrected chi connectivity index (χ3v) is 11.2. The summed E-state index contributed by atoms with van der Waals surface area (Å²) in [5.74, 6) is 0.721. The van der Waals surface area contributed by atoms with Crippen molar-refractivity contribution >= 4 is 75.3 Å². The molecule has 0 atom stereocenters. The summed E-state index contributed by atoms with van der Waals surface area (Å²) in [6.07, 6.45) is 0. The second-order valence-electron chi connectivity index (χ2n) is 13.0. The fraction of sp³-hybridized carbons (Fsp3) is 0. The Labute approximate surface area is 297 Å². The van der Waals surface area contributed by atoms with Gasteiger partial charge in [-0.1, -0.05) is 127 Å². The van der Waals surface area contributed by atoms with Gasteiger partial charge in [0.2, 0.25) is 0 Å². The zero-order chi connectivity index (χ0) is 33.5. The lowest BCUT2D eigenvalue weighted by Gasteiger charge is -2.13. The van der Waals surface area contributed by atoms with Crippen LogP contribution in [0.5, 0.6) is 0 Å².